The molecule has 2 amide bonds. The van der Waals surface area contributed by atoms with Gasteiger partial charge in [0.15, 0.2) is 0 Å². The summed E-state index contributed by atoms with van der Waals surface area (Å²) in [7, 11) is 0. The number of carbonyl (C=O) groups excluding carboxylic acids is 2. The number of amides is 2. The van der Waals surface area contributed by atoms with Gasteiger partial charge in [-0.25, -0.2) is 0 Å². The smallest absolute Gasteiger partial charge is 0.249 e. The summed E-state index contributed by atoms with van der Waals surface area (Å²) in [5.41, 5.74) is -0.698. The molecule has 0 bridgehead atoms. The Morgan fingerprint density at radius 2 is 2.05 bits per heavy atom. The lowest BCUT2D eigenvalue weighted by Crippen LogP contribution is -2.68. The highest BCUT2D eigenvalue weighted by atomic mass is 16.5. The maximum absolute atomic E-state index is 12.7. The molecule has 2 fully saturated rings. The zero-order chi connectivity index (χ0) is 14.0. The van der Waals surface area contributed by atoms with Crippen LogP contribution in [0.1, 0.15) is 46.5 Å². The molecule has 5 heteroatoms. The van der Waals surface area contributed by atoms with Gasteiger partial charge in [-0.15, -0.1) is 0 Å². The number of piperazine rings is 1. The van der Waals surface area contributed by atoms with Gasteiger partial charge < -0.3 is 15.0 Å². The fourth-order valence-corrected chi connectivity index (χ4v) is 3.14. The summed E-state index contributed by atoms with van der Waals surface area (Å²) in [6, 6.07) is 0.139. The van der Waals surface area contributed by atoms with Crippen molar-refractivity contribution in [2.24, 2.45) is 0 Å². The van der Waals surface area contributed by atoms with E-state index in [1.165, 1.54) is 0 Å². The topological polar surface area (TPSA) is 58.6 Å². The van der Waals surface area contributed by atoms with Gasteiger partial charge >= 0.3 is 0 Å². The van der Waals surface area contributed by atoms with Crippen molar-refractivity contribution in [2.45, 2.75) is 64.1 Å². The largest absolute Gasteiger partial charge is 0.378 e. The normalized spacial score (nSPS) is 31.2. The molecule has 108 valence electrons. The first-order valence-corrected chi connectivity index (χ1v) is 7.26. The molecule has 0 saturated carbocycles. The van der Waals surface area contributed by atoms with Crippen LogP contribution in [0.3, 0.4) is 0 Å². The molecule has 2 aliphatic heterocycles. The molecule has 0 aromatic carbocycles. The van der Waals surface area contributed by atoms with Gasteiger partial charge in [0.05, 0.1) is 12.6 Å². The third kappa shape index (κ3) is 2.61. The first-order chi connectivity index (χ1) is 9.02. The highest BCUT2D eigenvalue weighted by molar-refractivity contribution is 5.98. The first-order valence-electron chi connectivity index (χ1n) is 7.26. The van der Waals surface area contributed by atoms with Crippen LogP contribution < -0.4 is 5.32 Å². The van der Waals surface area contributed by atoms with Crippen LogP contribution in [0.25, 0.3) is 0 Å². The van der Waals surface area contributed by atoms with Gasteiger partial charge in [0.2, 0.25) is 11.8 Å². The number of carbonyl (C=O) groups is 2. The highest BCUT2D eigenvalue weighted by Crippen LogP contribution is 2.27. The first kappa shape index (κ1) is 14.3. The van der Waals surface area contributed by atoms with Crippen molar-refractivity contribution in [3.05, 3.63) is 0 Å². The number of hydrogen-bond acceptors (Lipinski definition) is 3. The Kier molecular flexibility index (Phi) is 4.13. The second-order valence-electron chi connectivity index (χ2n) is 5.63. The van der Waals surface area contributed by atoms with Gasteiger partial charge in [0.1, 0.15) is 5.54 Å². The number of nitrogens with one attached hydrogen (secondary N) is 1. The third-order valence-corrected chi connectivity index (χ3v) is 4.47. The summed E-state index contributed by atoms with van der Waals surface area (Å²) in [6.45, 7) is 6.80. The summed E-state index contributed by atoms with van der Waals surface area (Å²) >= 11 is 0. The van der Waals surface area contributed by atoms with Crippen LogP contribution in [0, 0.1) is 0 Å². The molecule has 19 heavy (non-hydrogen) atoms. The van der Waals surface area contributed by atoms with Crippen molar-refractivity contribution >= 4 is 11.8 Å². The summed E-state index contributed by atoms with van der Waals surface area (Å²) in [5.74, 6) is 0.0404. The minimum Gasteiger partial charge on any atom is -0.378 e. The molecule has 0 aromatic heterocycles. The monoisotopic (exact) mass is 268 g/mol. The van der Waals surface area contributed by atoms with Crippen molar-refractivity contribution in [2.75, 3.05) is 13.2 Å². The van der Waals surface area contributed by atoms with Crippen LogP contribution >= 0.6 is 0 Å². The van der Waals surface area contributed by atoms with Crippen LogP contribution in [0.2, 0.25) is 0 Å². The SMILES string of the molecule is CCC1(CC)NC(=O)CN(C2CCOC(C)C2)C1=O. The van der Waals surface area contributed by atoms with Crippen molar-refractivity contribution in [1.82, 2.24) is 10.2 Å². The van der Waals surface area contributed by atoms with Gasteiger partial charge in [0, 0.05) is 12.6 Å². The predicted octanol–water partition coefficient (Wildman–Crippen LogP) is 1.07. The van der Waals surface area contributed by atoms with E-state index in [1.807, 2.05) is 20.8 Å². The summed E-state index contributed by atoms with van der Waals surface area (Å²) in [6.07, 6.45) is 3.09. The van der Waals surface area contributed by atoms with Gasteiger partial charge in [-0.2, -0.15) is 0 Å². The zero-order valence-corrected chi connectivity index (χ0v) is 12.1. The van der Waals surface area contributed by atoms with Crippen molar-refractivity contribution < 1.29 is 14.3 Å². The highest BCUT2D eigenvalue weighted by Gasteiger charge is 2.46. The Morgan fingerprint density at radius 1 is 1.37 bits per heavy atom. The van der Waals surface area contributed by atoms with E-state index in [0.29, 0.717) is 19.4 Å². The molecule has 0 aliphatic carbocycles. The van der Waals surface area contributed by atoms with E-state index in [-0.39, 0.29) is 30.5 Å². The molecule has 2 atom stereocenters. The summed E-state index contributed by atoms with van der Waals surface area (Å²) < 4.78 is 5.53. The van der Waals surface area contributed by atoms with Crippen LogP contribution in [-0.4, -0.2) is 47.6 Å². The lowest BCUT2D eigenvalue weighted by molar-refractivity contribution is -0.155. The number of rotatable bonds is 3. The Morgan fingerprint density at radius 3 is 2.63 bits per heavy atom. The van der Waals surface area contributed by atoms with Crippen molar-refractivity contribution in [3.8, 4) is 0 Å². The van der Waals surface area contributed by atoms with Crippen LogP contribution in [0.4, 0.5) is 0 Å². The van der Waals surface area contributed by atoms with Crippen LogP contribution in [0.15, 0.2) is 0 Å². The van der Waals surface area contributed by atoms with E-state index in [9.17, 15) is 9.59 Å². The quantitative estimate of drug-likeness (QED) is 0.833. The van der Waals surface area contributed by atoms with E-state index in [1.54, 1.807) is 4.90 Å². The van der Waals surface area contributed by atoms with E-state index in [0.717, 1.165) is 12.8 Å². The van der Waals surface area contributed by atoms with Crippen molar-refractivity contribution in [3.63, 3.8) is 0 Å². The van der Waals surface area contributed by atoms with Crippen LogP contribution in [-0.2, 0) is 14.3 Å². The predicted molar refractivity (Wildman–Crippen MR) is 71.6 cm³/mol. The summed E-state index contributed by atoms with van der Waals surface area (Å²) in [5, 5.41) is 2.90. The molecule has 2 aliphatic rings. The zero-order valence-electron chi connectivity index (χ0n) is 12.1. The Hall–Kier alpha value is -1.10. The maximum Gasteiger partial charge on any atom is 0.249 e. The van der Waals surface area contributed by atoms with E-state index >= 15 is 0 Å². The Labute approximate surface area is 114 Å². The minimum absolute atomic E-state index is 0.0394. The molecule has 0 spiro atoms. The number of nitrogens with zero attached hydrogens (tertiary/aromatic N) is 1. The molecular weight excluding hydrogens is 244 g/mol. The average Bonchev–Trinajstić information content (AvgIpc) is 2.41. The molecule has 0 radical (unpaired) electrons. The fraction of sp³-hybridized carbons (Fsp3) is 0.857. The third-order valence-electron chi connectivity index (χ3n) is 4.47. The van der Waals surface area contributed by atoms with Gasteiger partial charge in [0.25, 0.3) is 0 Å². The average molecular weight is 268 g/mol. The molecule has 2 heterocycles. The second-order valence-corrected chi connectivity index (χ2v) is 5.63. The second kappa shape index (κ2) is 5.49. The molecular formula is C14H24N2O3. The Balaban J connectivity index is 2.19. The molecule has 2 unspecified atom stereocenters. The van der Waals surface area contributed by atoms with E-state index < -0.39 is 5.54 Å². The van der Waals surface area contributed by atoms with Gasteiger partial charge in [-0.3, -0.25) is 9.59 Å². The standard InChI is InChI=1S/C14H24N2O3/c1-4-14(5-2)13(18)16(9-12(17)15-14)11-6-7-19-10(3)8-11/h10-11H,4-9H2,1-3H3,(H,15,17). The Bertz CT molecular complexity index is 366. The van der Waals surface area contributed by atoms with Gasteiger partial charge in [-0.05, 0) is 32.6 Å². The number of ether oxygens (including phenoxy) is 1. The summed E-state index contributed by atoms with van der Waals surface area (Å²) in [4.78, 5) is 26.5. The molecule has 1 N–H and O–H groups in total. The molecule has 2 saturated heterocycles. The van der Waals surface area contributed by atoms with E-state index in [4.69, 9.17) is 4.74 Å². The number of hydrogen-bond donors (Lipinski definition) is 1. The molecule has 2 rings (SSSR count). The van der Waals surface area contributed by atoms with Crippen LogP contribution in [0.5, 0.6) is 0 Å². The fourth-order valence-electron chi connectivity index (χ4n) is 3.14. The maximum atomic E-state index is 12.7. The van der Waals surface area contributed by atoms with Gasteiger partial charge in [-0.1, -0.05) is 13.8 Å². The minimum atomic E-state index is -0.698. The molecule has 0 aromatic rings. The lowest BCUT2D eigenvalue weighted by Gasteiger charge is -2.46. The lowest BCUT2D eigenvalue weighted by atomic mass is 9.87. The molecule has 5 nitrogen and oxygen atoms in total. The van der Waals surface area contributed by atoms with E-state index in [2.05, 4.69) is 5.32 Å². The van der Waals surface area contributed by atoms with Crippen molar-refractivity contribution in [1.29, 1.82) is 0 Å².